The molecule has 0 bridgehead atoms. The SMILES string of the molecule is CCC[C@@H](NS(=O)(=O)NC1CC1)C(=O)O. The van der Waals surface area contributed by atoms with Gasteiger partial charge in [-0.1, -0.05) is 13.3 Å². The summed E-state index contributed by atoms with van der Waals surface area (Å²) < 4.78 is 27.3. The summed E-state index contributed by atoms with van der Waals surface area (Å²) in [4.78, 5) is 10.7. The van der Waals surface area contributed by atoms with Crippen molar-refractivity contribution in [2.24, 2.45) is 0 Å². The fraction of sp³-hybridized carbons (Fsp3) is 0.875. The molecule has 1 atom stereocenters. The van der Waals surface area contributed by atoms with E-state index in [1.54, 1.807) is 6.92 Å². The fourth-order valence-electron chi connectivity index (χ4n) is 1.16. The van der Waals surface area contributed by atoms with Crippen LogP contribution >= 0.6 is 0 Å². The fourth-order valence-corrected chi connectivity index (χ4v) is 2.50. The normalized spacial score (nSPS) is 18.7. The van der Waals surface area contributed by atoms with Gasteiger partial charge in [0.25, 0.3) is 10.2 Å². The molecule has 88 valence electrons. The Morgan fingerprint density at radius 3 is 2.53 bits per heavy atom. The van der Waals surface area contributed by atoms with Crippen LogP contribution in [0.2, 0.25) is 0 Å². The predicted molar refractivity (Wildman–Crippen MR) is 54.5 cm³/mol. The number of aliphatic carboxylic acids is 1. The molecule has 15 heavy (non-hydrogen) atoms. The van der Waals surface area contributed by atoms with Crippen LogP contribution in [0.25, 0.3) is 0 Å². The molecule has 0 aromatic rings. The summed E-state index contributed by atoms with van der Waals surface area (Å²) in [6, 6.07) is -1.05. The molecule has 0 radical (unpaired) electrons. The van der Waals surface area contributed by atoms with Gasteiger partial charge < -0.3 is 5.11 Å². The first-order valence-corrected chi connectivity index (χ1v) is 6.45. The van der Waals surface area contributed by atoms with Gasteiger partial charge in [-0.25, -0.2) is 0 Å². The molecule has 1 saturated carbocycles. The van der Waals surface area contributed by atoms with Gasteiger partial charge in [-0.2, -0.15) is 17.9 Å². The summed E-state index contributed by atoms with van der Waals surface area (Å²) >= 11 is 0. The summed E-state index contributed by atoms with van der Waals surface area (Å²) in [6.45, 7) is 1.80. The number of nitrogens with one attached hydrogen (secondary N) is 2. The van der Waals surface area contributed by atoms with E-state index in [0.717, 1.165) is 12.8 Å². The van der Waals surface area contributed by atoms with Crippen molar-refractivity contribution < 1.29 is 18.3 Å². The molecule has 3 N–H and O–H groups in total. The number of carboxylic acids is 1. The zero-order valence-electron chi connectivity index (χ0n) is 8.56. The van der Waals surface area contributed by atoms with Gasteiger partial charge in [-0.05, 0) is 19.3 Å². The Morgan fingerprint density at radius 1 is 1.53 bits per heavy atom. The van der Waals surface area contributed by atoms with Crippen molar-refractivity contribution in [3.63, 3.8) is 0 Å². The molecule has 0 aromatic carbocycles. The van der Waals surface area contributed by atoms with Crippen LogP contribution in [0.4, 0.5) is 0 Å². The van der Waals surface area contributed by atoms with Gasteiger partial charge in [0.05, 0.1) is 0 Å². The van der Waals surface area contributed by atoms with Gasteiger partial charge in [-0.3, -0.25) is 4.79 Å². The average Bonchev–Trinajstić information content (AvgIpc) is 2.86. The minimum absolute atomic E-state index is 0.0152. The van der Waals surface area contributed by atoms with E-state index in [4.69, 9.17) is 5.11 Å². The van der Waals surface area contributed by atoms with Crippen LogP contribution < -0.4 is 9.44 Å². The largest absolute Gasteiger partial charge is 0.480 e. The number of hydrogen-bond acceptors (Lipinski definition) is 3. The van der Waals surface area contributed by atoms with E-state index < -0.39 is 22.2 Å². The maximum atomic E-state index is 11.4. The van der Waals surface area contributed by atoms with Crippen LogP contribution in [-0.4, -0.2) is 31.6 Å². The molecule has 0 aliphatic heterocycles. The lowest BCUT2D eigenvalue weighted by Crippen LogP contribution is -2.46. The molecular formula is C8H16N2O4S. The highest BCUT2D eigenvalue weighted by molar-refractivity contribution is 7.87. The van der Waals surface area contributed by atoms with Crippen molar-refractivity contribution in [1.29, 1.82) is 0 Å². The van der Waals surface area contributed by atoms with Crippen molar-refractivity contribution in [2.75, 3.05) is 0 Å². The van der Waals surface area contributed by atoms with Gasteiger partial charge >= 0.3 is 5.97 Å². The number of carboxylic acid groups (broad SMARTS) is 1. The van der Waals surface area contributed by atoms with Crippen LogP contribution in [0.15, 0.2) is 0 Å². The lowest BCUT2D eigenvalue weighted by atomic mass is 10.2. The Labute approximate surface area is 89.2 Å². The van der Waals surface area contributed by atoms with Gasteiger partial charge in [0.2, 0.25) is 0 Å². The zero-order chi connectivity index (χ0) is 11.5. The summed E-state index contributed by atoms with van der Waals surface area (Å²) in [7, 11) is -3.67. The van der Waals surface area contributed by atoms with Crippen molar-refractivity contribution in [3.8, 4) is 0 Å². The minimum atomic E-state index is -3.67. The molecule has 1 rings (SSSR count). The third-order valence-electron chi connectivity index (χ3n) is 2.07. The molecule has 7 heteroatoms. The second kappa shape index (κ2) is 4.91. The molecule has 6 nitrogen and oxygen atoms in total. The van der Waals surface area contributed by atoms with E-state index in [2.05, 4.69) is 9.44 Å². The molecule has 1 aliphatic rings. The summed E-state index contributed by atoms with van der Waals surface area (Å²) in [5.74, 6) is -1.14. The second-order valence-electron chi connectivity index (χ2n) is 3.69. The lowest BCUT2D eigenvalue weighted by Gasteiger charge is -2.13. The topological polar surface area (TPSA) is 95.5 Å². The maximum absolute atomic E-state index is 11.4. The summed E-state index contributed by atoms with van der Waals surface area (Å²) in [6.07, 6.45) is 2.56. The third kappa shape index (κ3) is 4.59. The molecule has 0 heterocycles. The molecule has 1 fully saturated rings. The number of carbonyl (C=O) groups is 1. The van der Waals surface area contributed by atoms with Crippen molar-refractivity contribution in [2.45, 2.75) is 44.7 Å². The van der Waals surface area contributed by atoms with E-state index in [-0.39, 0.29) is 6.04 Å². The molecule has 0 spiro atoms. The van der Waals surface area contributed by atoms with Crippen LogP contribution in [0, 0.1) is 0 Å². The Bertz CT molecular complexity index is 324. The van der Waals surface area contributed by atoms with Crippen LogP contribution in [-0.2, 0) is 15.0 Å². The molecule has 0 amide bonds. The Morgan fingerprint density at radius 2 is 2.13 bits per heavy atom. The Kier molecular flexibility index (Phi) is 4.06. The Balaban J connectivity index is 2.51. The van der Waals surface area contributed by atoms with Crippen molar-refractivity contribution in [1.82, 2.24) is 9.44 Å². The van der Waals surface area contributed by atoms with Gasteiger partial charge in [0.1, 0.15) is 6.04 Å². The van der Waals surface area contributed by atoms with Gasteiger partial charge in [-0.15, -0.1) is 0 Å². The van der Waals surface area contributed by atoms with Crippen LogP contribution in [0.1, 0.15) is 32.6 Å². The van der Waals surface area contributed by atoms with Gasteiger partial charge in [0, 0.05) is 6.04 Å². The van der Waals surface area contributed by atoms with E-state index in [1.807, 2.05) is 0 Å². The highest BCUT2D eigenvalue weighted by atomic mass is 32.2. The minimum Gasteiger partial charge on any atom is -0.480 e. The van der Waals surface area contributed by atoms with E-state index >= 15 is 0 Å². The molecule has 0 unspecified atom stereocenters. The maximum Gasteiger partial charge on any atom is 0.321 e. The van der Waals surface area contributed by atoms with Crippen molar-refractivity contribution >= 4 is 16.2 Å². The zero-order valence-corrected chi connectivity index (χ0v) is 9.38. The van der Waals surface area contributed by atoms with E-state index in [0.29, 0.717) is 12.8 Å². The van der Waals surface area contributed by atoms with Crippen LogP contribution in [0.5, 0.6) is 0 Å². The average molecular weight is 236 g/mol. The van der Waals surface area contributed by atoms with Crippen LogP contribution in [0.3, 0.4) is 0 Å². The Hall–Kier alpha value is -0.660. The number of rotatable bonds is 7. The second-order valence-corrected chi connectivity index (χ2v) is 5.17. The quantitative estimate of drug-likeness (QED) is 0.571. The first-order valence-electron chi connectivity index (χ1n) is 4.97. The third-order valence-corrected chi connectivity index (χ3v) is 3.31. The first-order chi connectivity index (χ1) is 6.94. The van der Waals surface area contributed by atoms with E-state index in [1.165, 1.54) is 0 Å². The summed E-state index contributed by atoms with van der Waals surface area (Å²) in [5, 5.41) is 8.76. The van der Waals surface area contributed by atoms with Gasteiger partial charge in [0.15, 0.2) is 0 Å². The highest BCUT2D eigenvalue weighted by Crippen LogP contribution is 2.19. The molecular weight excluding hydrogens is 220 g/mol. The number of hydrogen-bond donors (Lipinski definition) is 3. The molecule has 0 aromatic heterocycles. The molecule has 0 saturated heterocycles. The predicted octanol–water partition coefficient (Wildman–Crippen LogP) is -0.174. The first kappa shape index (κ1) is 12.4. The monoisotopic (exact) mass is 236 g/mol. The standard InChI is InChI=1S/C8H16N2O4S/c1-2-3-7(8(11)12)10-15(13,14)9-6-4-5-6/h6-7,9-10H,2-5H2,1H3,(H,11,12)/t7-/m1/s1. The summed E-state index contributed by atoms with van der Waals surface area (Å²) in [5.41, 5.74) is 0. The lowest BCUT2D eigenvalue weighted by molar-refractivity contribution is -0.139. The van der Waals surface area contributed by atoms with E-state index in [9.17, 15) is 13.2 Å². The highest BCUT2D eigenvalue weighted by Gasteiger charge is 2.29. The smallest absolute Gasteiger partial charge is 0.321 e. The molecule has 1 aliphatic carbocycles. The van der Waals surface area contributed by atoms with Crippen molar-refractivity contribution in [3.05, 3.63) is 0 Å².